The summed E-state index contributed by atoms with van der Waals surface area (Å²) in [4.78, 5) is 0. The summed E-state index contributed by atoms with van der Waals surface area (Å²) in [6.07, 6.45) is 4.24. The molecule has 3 heteroatoms. The lowest BCUT2D eigenvalue weighted by Crippen LogP contribution is -2.22. The summed E-state index contributed by atoms with van der Waals surface area (Å²) in [7, 11) is 0. The highest BCUT2D eigenvalue weighted by Gasteiger charge is 2.37. The normalized spacial score (nSPS) is 18.1. The van der Waals surface area contributed by atoms with Gasteiger partial charge in [0.05, 0.1) is 5.69 Å². The number of phenolic OH excluding ortho intramolecular Hbond substituents is 1. The minimum Gasteiger partial charge on any atom is -0.506 e. The minimum absolute atomic E-state index is 0.0899. The van der Waals surface area contributed by atoms with Gasteiger partial charge in [-0.1, -0.05) is 6.07 Å². The van der Waals surface area contributed by atoms with Gasteiger partial charge in [0.2, 0.25) is 0 Å². The molecule has 1 saturated carbocycles. The van der Waals surface area contributed by atoms with Gasteiger partial charge in [0, 0.05) is 5.54 Å². The smallest absolute Gasteiger partial charge is 0.138 e. The molecule has 0 unspecified atom stereocenters. The lowest BCUT2D eigenvalue weighted by Gasteiger charge is -2.08. The molecule has 0 saturated heterocycles. The van der Waals surface area contributed by atoms with Crippen molar-refractivity contribution in [1.29, 1.82) is 0 Å². The molecule has 0 bridgehead atoms. The van der Waals surface area contributed by atoms with E-state index in [0.717, 1.165) is 31.2 Å². The Morgan fingerprint density at radius 2 is 2.07 bits per heavy atom. The lowest BCUT2D eigenvalue weighted by atomic mass is 10.0. The standard InChI is InChI=1S/C11H16N2O/c12-9-7-8(1-2-10(9)14)3-4-11(13)5-6-11/h1-2,7,14H,3-6,12-13H2. The molecule has 1 aromatic rings. The van der Waals surface area contributed by atoms with E-state index in [9.17, 15) is 5.11 Å². The number of hydrogen-bond acceptors (Lipinski definition) is 3. The van der Waals surface area contributed by atoms with Crippen molar-refractivity contribution in [2.75, 3.05) is 5.73 Å². The van der Waals surface area contributed by atoms with Crippen LogP contribution in [0.1, 0.15) is 24.8 Å². The minimum atomic E-state index is 0.0899. The Morgan fingerprint density at radius 3 is 2.64 bits per heavy atom. The van der Waals surface area contributed by atoms with Crippen molar-refractivity contribution in [3.8, 4) is 5.75 Å². The summed E-state index contributed by atoms with van der Waals surface area (Å²) in [5.74, 6) is 0.155. The van der Waals surface area contributed by atoms with Crippen LogP contribution in [0, 0.1) is 0 Å². The SMILES string of the molecule is Nc1cc(CCC2(N)CC2)ccc1O. The number of nitrogens with two attached hydrogens (primary N) is 2. The van der Waals surface area contributed by atoms with Crippen molar-refractivity contribution in [1.82, 2.24) is 0 Å². The number of anilines is 1. The zero-order valence-electron chi connectivity index (χ0n) is 8.16. The number of aromatic hydroxyl groups is 1. The summed E-state index contributed by atoms with van der Waals surface area (Å²) < 4.78 is 0. The first kappa shape index (κ1) is 9.34. The van der Waals surface area contributed by atoms with Crippen molar-refractivity contribution in [2.45, 2.75) is 31.2 Å². The van der Waals surface area contributed by atoms with Gasteiger partial charge in [0.25, 0.3) is 0 Å². The van der Waals surface area contributed by atoms with E-state index in [0.29, 0.717) is 5.69 Å². The molecule has 0 radical (unpaired) electrons. The Labute approximate surface area is 83.7 Å². The van der Waals surface area contributed by atoms with E-state index in [1.54, 1.807) is 6.07 Å². The highest BCUT2D eigenvalue weighted by Crippen LogP contribution is 2.36. The highest BCUT2D eigenvalue weighted by atomic mass is 16.3. The van der Waals surface area contributed by atoms with Crippen LogP contribution in [0.5, 0.6) is 5.75 Å². The van der Waals surface area contributed by atoms with Crippen molar-refractivity contribution >= 4 is 5.69 Å². The molecule has 14 heavy (non-hydrogen) atoms. The molecular weight excluding hydrogens is 176 g/mol. The number of hydrogen-bond donors (Lipinski definition) is 3. The van der Waals surface area contributed by atoms with E-state index in [2.05, 4.69) is 0 Å². The molecule has 0 amide bonds. The first-order valence-electron chi connectivity index (χ1n) is 4.95. The molecule has 0 heterocycles. The molecule has 1 aliphatic carbocycles. The molecule has 1 aliphatic rings. The average Bonchev–Trinajstić information content (AvgIpc) is 2.87. The molecule has 2 rings (SSSR count). The van der Waals surface area contributed by atoms with Gasteiger partial charge in [-0.25, -0.2) is 0 Å². The number of rotatable bonds is 3. The van der Waals surface area contributed by atoms with Crippen LogP contribution in [0.25, 0.3) is 0 Å². The lowest BCUT2D eigenvalue weighted by molar-refractivity contribution is 0.477. The zero-order valence-corrected chi connectivity index (χ0v) is 8.16. The predicted octanol–water partition coefficient (Wildman–Crippen LogP) is 1.40. The highest BCUT2D eigenvalue weighted by molar-refractivity contribution is 5.53. The topological polar surface area (TPSA) is 72.3 Å². The molecule has 0 aromatic heterocycles. The predicted molar refractivity (Wildman–Crippen MR) is 57.0 cm³/mol. The monoisotopic (exact) mass is 192 g/mol. The summed E-state index contributed by atoms with van der Waals surface area (Å²) in [6, 6.07) is 5.36. The Morgan fingerprint density at radius 1 is 1.36 bits per heavy atom. The molecule has 1 aromatic carbocycles. The van der Waals surface area contributed by atoms with Gasteiger partial charge in [-0.05, 0) is 43.4 Å². The third-order valence-electron chi connectivity index (χ3n) is 2.90. The van der Waals surface area contributed by atoms with Crippen LogP contribution >= 0.6 is 0 Å². The Bertz CT molecular complexity index is 345. The summed E-state index contributed by atoms with van der Waals surface area (Å²) in [5, 5.41) is 9.23. The second-order valence-corrected chi connectivity index (χ2v) is 4.26. The van der Waals surface area contributed by atoms with Crippen LogP contribution in [-0.2, 0) is 6.42 Å². The van der Waals surface area contributed by atoms with Gasteiger partial charge in [-0.15, -0.1) is 0 Å². The fourth-order valence-corrected chi connectivity index (χ4v) is 1.56. The van der Waals surface area contributed by atoms with Crippen LogP contribution in [-0.4, -0.2) is 10.6 Å². The van der Waals surface area contributed by atoms with E-state index in [1.807, 2.05) is 12.1 Å². The fraction of sp³-hybridized carbons (Fsp3) is 0.455. The quantitative estimate of drug-likeness (QED) is 0.500. The largest absolute Gasteiger partial charge is 0.506 e. The van der Waals surface area contributed by atoms with E-state index < -0.39 is 0 Å². The maximum Gasteiger partial charge on any atom is 0.138 e. The number of benzene rings is 1. The second kappa shape index (κ2) is 3.17. The van der Waals surface area contributed by atoms with E-state index in [-0.39, 0.29) is 11.3 Å². The van der Waals surface area contributed by atoms with Gasteiger partial charge in [0.1, 0.15) is 5.75 Å². The van der Waals surface area contributed by atoms with E-state index >= 15 is 0 Å². The van der Waals surface area contributed by atoms with Gasteiger partial charge in [0.15, 0.2) is 0 Å². The Balaban J connectivity index is 1.99. The van der Waals surface area contributed by atoms with Crippen LogP contribution in [0.3, 0.4) is 0 Å². The zero-order chi connectivity index (χ0) is 10.2. The first-order chi connectivity index (χ1) is 6.59. The van der Waals surface area contributed by atoms with E-state index in [1.165, 1.54) is 0 Å². The van der Waals surface area contributed by atoms with Crippen LogP contribution in [0.4, 0.5) is 5.69 Å². The van der Waals surface area contributed by atoms with Crippen molar-refractivity contribution < 1.29 is 5.11 Å². The fourth-order valence-electron chi connectivity index (χ4n) is 1.56. The third-order valence-corrected chi connectivity index (χ3v) is 2.90. The number of aryl methyl sites for hydroxylation is 1. The van der Waals surface area contributed by atoms with Crippen LogP contribution < -0.4 is 11.5 Å². The third kappa shape index (κ3) is 1.99. The van der Waals surface area contributed by atoms with E-state index in [4.69, 9.17) is 11.5 Å². The maximum absolute atomic E-state index is 9.23. The van der Waals surface area contributed by atoms with Crippen LogP contribution in [0.2, 0.25) is 0 Å². The summed E-state index contributed by atoms with van der Waals surface area (Å²) >= 11 is 0. The van der Waals surface area contributed by atoms with Gasteiger partial charge in [-0.3, -0.25) is 0 Å². The molecule has 3 nitrogen and oxygen atoms in total. The first-order valence-corrected chi connectivity index (χ1v) is 4.95. The maximum atomic E-state index is 9.23. The van der Waals surface area contributed by atoms with Gasteiger partial charge in [-0.2, -0.15) is 0 Å². The average molecular weight is 192 g/mol. The summed E-state index contributed by atoms with van der Waals surface area (Å²) in [5.41, 5.74) is 13.3. The number of phenols is 1. The molecule has 76 valence electrons. The number of nitrogen functional groups attached to an aromatic ring is 1. The van der Waals surface area contributed by atoms with Crippen molar-refractivity contribution in [3.63, 3.8) is 0 Å². The van der Waals surface area contributed by atoms with Crippen molar-refractivity contribution in [2.24, 2.45) is 5.73 Å². The molecule has 0 spiro atoms. The van der Waals surface area contributed by atoms with Crippen molar-refractivity contribution in [3.05, 3.63) is 23.8 Å². The summed E-state index contributed by atoms with van der Waals surface area (Å²) in [6.45, 7) is 0. The second-order valence-electron chi connectivity index (χ2n) is 4.26. The Kier molecular flexibility index (Phi) is 2.11. The molecular formula is C11H16N2O. The molecule has 1 fully saturated rings. The van der Waals surface area contributed by atoms with Gasteiger partial charge >= 0.3 is 0 Å². The Hall–Kier alpha value is -1.22. The molecule has 5 N–H and O–H groups in total. The molecule has 0 atom stereocenters. The van der Waals surface area contributed by atoms with Gasteiger partial charge < -0.3 is 16.6 Å². The molecule has 0 aliphatic heterocycles. The van der Waals surface area contributed by atoms with Crippen LogP contribution in [0.15, 0.2) is 18.2 Å².